The molecule has 0 spiro atoms. The van der Waals surface area contributed by atoms with Crippen LogP contribution in [0.3, 0.4) is 0 Å². The monoisotopic (exact) mass is 619 g/mol. The van der Waals surface area contributed by atoms with E-state index in [1.165, 1.54) is 6.33 Å². The van der Waals surface area contributed by atoms with Crippen molar-refractivity contribution in [3.05, 3.63) is 75.0 Å². The number of carbonyl (C=O) groups is 2. The van der Waals surface area contributed by atoms with Crippen LogP contribution in [0.5, 0.6) is 0 Å². The highest BCUT2D eigenvalue weighted by Gasteiger charge is 2.28. The number of hydrogen-bond donors (Lipinski definition) is 2. The molecule has 0 bridgehead atoms. The number of pyridine rings is 1. The molecule has 0 aliphatic carbocycles. The van der Waals surface area contributed by atoms with E-state index < -0.39 is 5.91 Å². The molecule has 11 heteroatoms. The minimum atomic E-state index is -0.477. The Morgan fingerprint density at radius 2 is 1.76 bits per heavy atom. The summed E-state index contributed by atoms with van der Waals surface area (Å²) in [6.45, 7) is 9.23. The number of nitrogen functional groups attached to an aromatic ring is 1. The third-order valence-corrected chi connectivity index (χ3v) is 8.19. The number of carbonyl (C=O) groups excluding carboxylic acids is 2. The number of hydrogen-bond acceptors (Lipinski definition) is 6. The molecule has 5 rings (SSSR count). The van der Waals surface area contributed by atoms with Crippen molar-refractivity contribution in [3.63, 3.8) is 0 Å². The van der Waals surface area contributed by atoms with Gasteiger partial charge in [-0.15, -0.1) is 0 Å². The molecule has 10 nitrogen and oxygen atoms in total. The molecule has 4 heterocycles. The van der Waals surface area contributed by atoms with Crippen LogP contribution in [0.1, 0.15) is 68.5 Å². The summed E-state index contributed by atoms with van der Waals surface area (Å²) in [6.07, 6.45) is 6.39. The predicted octanol–water partition coefficient (Wildman–Crippen LogP) is 5.10. The van der Waals surface area contributed by atoms with Gasteiger partial charge in [-0.3, -0.25) is 14.4 Å². The predicted molar refractivity (Wildman–Crippen MR) is 163 cm³/mol. The zero-order chi connectivity index (χ0) is 29.4. The van der Waals surface area contributed by atoms with Crippen LogP contribution in [-0.4, -0.2) is 49.0 Å². The molecule has 0 atom stereocenters. The fourth-order valence-electron chi connectivity index (χ4n) is 5.32. The Balaban J connectivity index is 1.40. The number of rotatable bonds is 6. The largest absolute Gasteiger partial charge is 0.382 e. The van der Waals surface area contributed by atoms with E-state index in [9.17, 15) is 14.4 Å². The Morgan fingerprint density at radius 3 is 2.39 bits per heavy atom. The lowest BCUT2D eigenvalue weighted by atomic mass is 9.92. The lowest BCUT2D eigenvalue weighted by Crippen LogP contribution is -2.40. The van der Waals surface area contributed by atoms with Crippen molar-refractivity contribution in [1.29, 1.82) is 0 Å². The van der Waals surface area contributed by atoms with E-state index in [1.807, 2.05) is 53.8 Å². The first-order valence-corrected chi connectivity index (χ1v) is 14.6. The summed E-state index contributed by atoms with van der Waals surface area (Å²) in [5.74, 6) is 0.298. The molecule has 0 radical (unpaired) electrons. The average Bonchev–Trinajstić information content (AvgIpc) is 3.35. The second kappa shape index (κ2) is 11.5. The number of likely N-dealkylation sites (tertiary alicyclic amines) is 1. The topological polar surface area (TPSA) is 128 Å². The molecule has 1 aliphatic heterocycles. The van der Waals surface area contributed by atoms with E-state index in [1.54, 1.807) is 24.5 Å². The van der Waals surface area contributed by atoms with E-state index >= 15 is 0 Å². The van der Waals surface area contributed by atoms with E-state index in [2.05, 4.69) is 37.4 Å². The van der Waals surface area contributed by atoms with Gasteiger partial charge < -0.3 is 20.5 Å². The summed E-state index contributed by atoms with van der Waals surface area (Å²) in [6, 6.07) is 9.59. The summed E-state index contributed by atoms with van der Waals surface area (Å²) in [4.78, 5) is 44.3. The zero-order valence-electron chi connectivity index (χ0n) is 23.6. The van der Waals surface area contributed by atoms with E-state index in [0.29, 0.717) is 29.1 Å². The first kappa shape index (κ1) is 28.5. The molecule has 0 saturated carbocycles. The molecule has 3 N–H and O–H groups in total. The minimum Gasteiger partial charge on any atom is -0.382 e. The van der Waals surface area contributed by atoms with Gasteiger partial charge in [0, 0.05) is 60.3 Å². The number of fused-ring (bicyclic) bond motifs is 1. The summed E-state index contributed by atoms with van der Waals surface area (Å²) >= 11 is 3.27. The standard InChI is InChI=1S/C30H34BrN7O3/c1-17(2)30(41)36-11-9-20(10-12-36)25-13-22(26-28(32)33-16-34-38(25)26)19-5-7-21(8-6-19)35-29(40)23-14-37(18(3)4)15-24(31)27(23)39/h5-8,13-18,20H,9-12H2,1-4H3,(H,35,40)(H2,32,33,34). The second-order valence-electron chi connectivity index (χ2n) is 11.1. The van der Waals surface area contributed by atoms with E-state index in [0.717, 1.165) is 35.2 Å². The summed E-state index contributed by atoms with van der Waals surface area (Å²) in [7, 11) is 0. The number of amides is 2. The number of nitrogens with one attached hydrogen (secondary N) is 1. The Kier molecular flexibility index (Phi) is 7.99. The number of anilines is 2. The smallest absolute Gasteiger partial charge is 0.261 e. The van der Waals surface area contributed by atoms with Gasteiger partial charge in [-0.2, -0.15) is 5.10 Å². The van der Waals surface area contributed by atoms with Crippen LogP contribution in [0.15, 0.2) is 58.3 Å². The first-order valence-electron chi connectivity index (χ1n) is 13.8. The number of nitrogens with two attached hydrogens (primary N) is 1. The SMILES string of the molecule is CC(C)C(=O)N1CCC(c2cc(-c3ccc(NC(=O)c4cn(C(C)C)cc(Br)c4=O)cc3)c3c(N)ncnn23)CC1. The highest BCUT2D eigenvalue weighted by Crippen LogP contribution is 2.37. The lowest BCUT2D eigenvalue weighted by molar-refractivity contribution is -0.135. The highest BCUT2D eigenvalue weighted by atomic mass is 79.9. The van der Waals surface area contributed by atoms with Crippen molar-refractivity contribution in [1.82, 2.24) is 24.1 Å². The van der Waals surface area contributed by atoms with Gasteiger partial charge >= 0.3 is 0 Å². The Hall–Kier alpha value is -3.99. The molecule has 41 heavy (non-hydrogen) atoms. The van der Waals surface area contributed by atoms with Crippen molar-refractivity contribution in [2.75, 3.05) is 24.1 Å². The molecule has 1 aromatic carbocycles. The van der Waals surface area contributed by atoms with Gasteiger partial charge in [0.25, 0.3) is 5.91 Å². The van der Waals surface area contributed by atoms with Crippen LogP contribution in [0.4, 0.5) is 11.5 Å². The summed E-state index contributed by atoms with van der Waals surface area (Å²) in [5.41, 5.74) is 10.1. The fraction of sp³-hybridized carbons (Fsp3) is 0.367. The van der Waals surface area contributed by atoms with Crippen molar-refractivity contribution in [3.8, 4) is 11.1 Å². The molecular weight excluding hydrogens is 586 g/mol. The van der Waals surface area contributed by atoms with Crippen molar-refractivity contribution >= 4 is 44.8 Å². The summed E-state index contributed by atoms with van der Waals surface area (Å²) in [5, 5.41) is 7.36. The van der Waals surface area contributed by atoms with Gasteiger partial charge in [-0.1, -0.05) is 26.0 Å². The number of aromatic nitrogens is 4. The molecule has 1 saturated heterocycles. The third-order valence-electron chi connectivity index (χ3n) is 7.63. The Bertz CT molecular complexity index is 1670. The molecule has 1 aliphatic rings. The number of benzene rings is 1. The van der Waals surface area contributed by atoms with Crippen LogP contribution < -0.4 is 16.5 Å². The Morgan fingerprint density at radius 1 is 1.07 bits per heavy atom. The van der Waals surface area contributed by atoms with Gasteiger partial charge in [0.05, 0.1) is 4.47 Å². The van der Waals surface area contributed by atoms with Crippen LogP contribution >= 0.6 is 15.9 Å². The Labute approximate surface area is 246 Å². The van der Waals surface area contributed by atoms with Gasteiger partial charge in [-0.05, 0) is 66.4 Å². The zero-order valence-corrected chi connectivity index (χ0v) is 25.2. The van der Waals surface area contributed by atoms with Gasteiger partial charge in [-0.25, -0.2) is 9.50 Å². The van der Waals surface area contributed by atoms with Gasteiger partial charge in [0.2, 0.25) is 11.3 Å². The maximum Gasteiger partial charge on any atom is 0.261 e. The maximum atomic E-state index is 13.0. The quantitative estimate of drug-likeness (QED) is 0.309. The first-order chi connectivity index (χ1) is 19.5. The van der Waals surface area contributed by atoms with Crippen LogP contribution in [0.25, 0.3) is 16.6 Å². The molecule has 1 fully saturated rings. The summed E-state index contributed by atoms with van der Waals surface area (Å²) < 4.78 is 4.02. The minimum absolute atomic E-state index is 0.0131. The molecule has 214 valence electrons. The maximum absolute atomic E-state index is 13.0. The number of nitrogens with zero attached hydrogens (tertiary/aromatic N) is 5. The number of piperidine rings is 1. The molecule has 2 amide bonds. The molecule has 4 aromatic rings. The van der Waals surface area contributed by atoms with Crippen molar-refractivity contribution < 1.29 is 9.59 Å². The van der Waals surface area contributed by atoms with Gasteiger partial charge in [0.15, 0.2) is 5.82 Å². The van der Waals surface area contributed by atoms with Crippen LogP contribution in [0, 0.1) is 5.92 Å². The fourth-order valence-corrected chi connectivity index (χ4v) is 5.77. The van der Waals surface area contributed by atoms with Crippen LogP contribution in [0.2, 0.25) is 0 Å². The van der Waals surface area contributed by atoms with Crippen LogP contribution in [-0.2, 0) is 4.79 Å². The normalized spacial score (nSPS) is 14.3. The second-order valence-corrected chi connectivity index (χ2v) is 11.9. The molecule has 3 aromatic heterocycles. The van der Waals surface area contributed by atoms with E-state index in [-0.39, 0.29) is 34.8 Å². The molecule has 0 unspecified atom stereocenters. The average molecular weight is 621 g/mol. The van der Waals surface area contributed by atoms with E-state index in [4.69, 9.17) is 5.73 Å². The van der Waals surface area contributed by atoms with Gasteiger partial charge in [0.1, 0.15) is 17.4 Å². The number of halogens is 1. The molecular formula is C30H34BrN7O3. The lowest BCUT2D eigenvalue weighted by Gasteiger charge is -2.33. The van der Waals surface area contributed by atoms with Crippen molar-refractivity contribution in [2.24, 2.45) is 5.92 Å². The van der Waals surface area contributed by atoms with Crippen molar-refractivity contribution in [2.45, 2.75) is 52.5 Å². The third kappa shape index (κ3) is 5.63. The highest BCUT2D eigenvalue weighted by molar-refractivity contribution is 9.10.